The molecule has 0 fully saturated rings. The molecule has 0 atom stereocenters. The average Bonchev–Trinajstić information content (AvgIpc) is 2.33. The molecule has 1 aliphatic rings. The van der Waals surface area contributed by atoms with Crippen LogP contribution in [0.2, 0.25) is 0 Å². The fourth-order valence-electron chi connectivity index (χ4n) is 0.920. The molecule has 1 aromatic carbocycles. The zero-order chi connectivity index (χ0) is 7.84. The molecule has 0 bridgehead atoms. The quantitative estimate of drug-likeness (QED) is 0.650. The summed E-state index contributed by atoms with van der Waals surface area (Å²) >= 11 is 3.26. The van der Waals surface area contributed by atoms with Gasteiger partial charge in [0.2, 0.25) is 0 Å². The standard InChI is InChI=1S/C7H3BrN2O/c8-4-1-2-6-5(3-4)7(11)10-9-6/h1-3H. The molecule has 11 heavy (non-hydrogen) atoms. The Morgan fingerprint density at radius 2 is 2.09 bits per heavy atom. The predicted octanol–water partition coefficient (Wildman–Crippen LogP) is 2.69. The first-order valence-electron chi connectivity index (χ1n) is 3.03. The van der Waals surface area contributed by atoms with Gasteiger partial charge in [-0.2, -0.15) is 0 Å². The van der Waals surface area contributed by atoms with E-state index < -0.39 is 0 Å². The van der Waals surface area contributed by atoms with Gasteiger partial charge in [-0.1, -0.05) is 15.9 Å². The second-order valence-corrected chi connectivity index (χ2v) is 3.08. The number of hydrogen-bond acceptors (Lipinski definition) is 2. The van der Waals surface area contributed by atoms with Gasteiger partial charge in [0, 0.05) is 4.47 Å². The van der Waals surface area contributed by atoms with Crippen LogP contribution in [0.3, 0.4) is 0 Å². The summed E-state index contributed by atoms with van der Waals surface area (Å²) in [7, 11) is 0. The number of benzene rings is 1. The lowest BCUT2D eigenvalue weighted by Crippen LogP contribution is -1.87. The molecule has 0 saturated heterocycles. The highest BCUT2D eigenvalue weighted by Crippen LogP contribution is 2.28. The van der Waals surface area contributed by atoms with E-state index in [0.29, 0.717) is 11.3 Å². The van der Waals surface area contributed by atoms with E-state index in [0.717, 1.165) is 4.47 Å². The summed E-state index contributed by atoms with van der Waals surface area (Å²) in [6, 6.07) is 5.31. The van der Waals surface area contributed by atoms with Gasteiger partial charge in [0.25, 0.3) is 5.91 Å². The number of fused-ring (bicyclic) bond motifs is 1. The molecule has 2 rings (SSSR count). The first kappa shape index (κ1) is 6.67. The first-order valence-corrected chi connectivity index (χ1v) is 3.82. The molecular weight excluding hydrogens is 208 g/mol. The first-order chi connectivity index (χ1) is 5.27. The van der Waals surface area contributed by atoms with Crippen molar-refractivity contribution in [3.63, 3.8) is 0 Å². The molecule has 0 aliphatic carbocycles. The smallest absolute Gasteiger partial charge is 0.265 e. The summed E-state index contributed by atoms with van der Waals surface area (Å²) in [5.41, 5.74) is 1.22. The maximum absolute atomic E-state index is 10.9. The molecule has 0 unspecified atom stereocenters. The number of hydrogen-bond donors (Lipinski definition) is 0. The third kappa shape index (κ3) is 0.991. The number of amides is 1. The Kier molecular flexibility index (Phi) is 1.35. The van der Waals surface area contributed by atoms with Crippen LogP contribution in [0.5, 0.6) is 0 Å². The number of carbonyl (C=O) groups excluding carboxylic acids is 1. The summed E-state index contributed by atoms with van der Waals surface area (Å²) in [5, 5.41) is 7.09. The van der Waals surface area contributed by atoms with Crippen LogP contribution in [-0.4, -0.2) is 5.91 Å². The van der Waals surface area contributed by atoms with E-state index in [9.17, 15) is 4.79 Å². The second kappa shape index (κ2) is 2.23. The van der Waals surface area contributed by atoms with Crippen molar-refractivity contribution in [3.8, 4) is 0 Å². The molecule has 3 nitrogen and oxygen atoms in total. The van der Waals surface area contributed by atoms with Gasteiger partial charge >= 0.3 is 0 Å². The van der Waals surface area contributed by atoms with Crippen molar-refractivity contribution in [1.82, 2.24) is 0 Å². The molecule has 1 heterocycles. The van der Waals surface area contributed by atoms with Crippen molar-refractivity contribution in [2.24, 2.45) is 10.2 Å². The molecule has 0 spiro atoms. The number of rotatable bonds is 0. The lowest BCUT2D eigenvalue weighted by atomic mass is 10.2. The van der Waals surface area contributed by atoms with Gasteiger partial charge < -0.3 is 0 Å². The van der Waals surface area contributed by atoms with Gasteiger partial charge in [0.05, 0.1) is 11.3 Å². The average molecular weight is 211 g/mol. The highest BCUT2D eigenvalue weighted by atomic mass is 79.9. The monoisotopic (exact) mass is 210 g/mol. The second-order valence-electron chi connectivity index (χ2n) is 2.17. The van der Waals surface area contributed by atoms with Crippen LogP contribution in [0.15, 0.2) is 32.9 Å². The van der Waals surface area contributed by atoms with E-state index in [1.807, 2.05) is 6.07 Å². The Labute approximate surface area is 71.3 Å². The van der Waals surface area contributed by atoms with E-state index in [4.69, 9.17) is 0 Å². The largest absolute Gasteiger partial charge is 0.297 e. The van der Waals surface area contributed by atoms with E-state index >= 15 is 0 Å². The Hall–Kier alpha value is -1.03. The van der Waals surface area contributed by atoms with Crippen molar-refractivity contribution in [2.75, 3.05) is 0 Å². The van der Waals surface area contributed by atoms with E-state index in [1.54, 1.807) is 12.1 Å². The summed E-state index contributed by atoms with van der Waals surface area (Å²) in [6.45, 7) is 0. The molecule has 1 aromatic rings. The highest BCUT2D eigenvalue weighted by molar-refractivity contribution is 9.10. The Morgan fingerprint density at radius 1 is 1.27 bits per heavy atom. The minimum atomic E-state index is -0.263. The summed E-state index contributed by atoms with van der Waals surface area (Å²) in [6.07, 6.45) is 0. The van der Waals surface area contributed by atoms with Gasteiger partial charge in [0.1, 0.15) is 0 Å². The van der Waals surface area contributed by atoms with Crippen molar-refractivity contribution in [2.45, 2.75) is 0 Å². The van der Waals surface area contributed by atoms with Gasteiger partial charge in [-0.05, 0) is 18.2 Å². The zero-order valence-corrected chi connectivity index (χ0v) is 7.00. The third-order valence-electron chi connectivity index (χ3n) is 1.44. The third-order valence-corrected chi connectivity index (χ3v) is 1.93. The normalized spacial score (nSPS) is 13.7. The molecule has 1 amide bonds. The van der Waals surface area contributed by atoms with Gasteiger partial charge in [-0.15, -0.1) is 10.2 Å². The molecule has 4 heteroatoms. The molecule has 0 N–H and O–H groups in total. The Bertz CT molecular complexity index is 359. The van der Waals surface area contributed by atoms with E-state index in [2.05, 4.69) is 26.2 Å². The molecule has 0 radical (unpaired) electrons. The Morgan fingerprint density at radius 3 is 2.91 bits per heavy atom. The van der Waals surface area contributed by atoms with E-state index in [-0.39, 0.29) is 5.91 Å². The predicted molar refractivity (Wildman–Crippen MR) is 43.0 cm³/mol. The zero-order valence-electron chi connectivity index (χ0n) is 5.41. The minimum absolute atomic E-state index is 0.263. The fourth-order valence-corrected chi connectivity index (χ4v) is 1.28. The lowest BCUT2D eigenvalue weighted by molar-refractivity contribution is 0.100. The van der Waals surface area contributed by atoms with Crippen LogP contribution in [-0.2, 0) is 0 Å². The molecule has 1 aliphatic heterocycles. The van der Waals surface area contributed by atoms with Crippen LogP contribution >= 0.6 is 15.9 Å². The number of halogens is 1. The van der Waals surface area contributed by atoms with Crippen molar-refractivity contribution in [3.05, 3.63) is 28.2 Å². The lowest BCUT2D eigenvalue weighted by Gasteiger charge is -1.92. The summed E-state index contributed by atoms with van der Waals surface area (Å²) in [4.78, 5) is 10.9. The molecular formula is C7H3BrN2O. The van der Waals surface area contributed by atoms with Gasteiger partial charge in [-0.3, -0.25) is 4.79 Å². The van der Waals surface area contributed by atoms with Crippen LogP contribution < -0.4 is 0 Å². The van der Waals surface area contributed by atoms with Crippen LogP contribution in [0.4, 0.5) is 5.69 Å². The molecule has 54 valence electrons. The van der Waals surface area contributed by atoms with Crippen molar-refractivity contribution >= 4 is 27.5 Å². The van der Waals surface area contributed by atoms with Crippen LogP contribution in [0.1, 0.15) is 10.4 Å². The molecule has 0 aromatic heterocycles. The topological polar surface area (TPSA) is 41.8 Å². The maximum Gasteiger partial charge on any atom is 0.297 e. The summed E-state index contributed by atoms with van der Waals surface area (Å²) in [5.74, 6) is -0.263. The van der Waals surface area contributed by atoms with Crippen LogP contribution in [0.25, 0.3) is 0 Å². The highest BCUT2D eigenvalue weighted by Gasteiger charge is 2.16. The fraction of sp³-hybridized carbons (Fsp3) is 0. The SMILES string of the molecule is O=C1N=Nc2ccc(Br)cc21. The van der Waals surface area contributed by atoms with Crippen molar-refractivity contribution < 1.29 is 4.79 Å². The number of azo groups is 1. The van der Waals surface area contributed by atoms with Gasteiger partial charge in [0.15, 0.2) is 0 Å². The number of carbonyl (C=O) groups is 1. The van der Waals surface area contributed by atoms with E-state index in [1.165, 1.54) is 0 Å². The van der Waals surface area contributed by atoms with Crippen LogP contribution in [0, 0.1) is 0 Å². The minimum Gasteiger partial charge on any atom is -0.265 e. The summed E-state index contributed by atoms with van der Waals surface area (Å²) < 4.78 is 0.872. The number of nitrogens with zero attached hydrogens (tertiary/aromatic N) is 2. The molecule has 0 saturated carbocycles. The van der Waals surface area contributed by atoms with Gasteiger partial charge in [-0.25, -0.2) is 0 Å². The Balaban J connectivity index is 2.67. The maximum atomic E-state index is 10.9. The van der Waals surface area contributed by atoms with Crippen molar-refractivity contribution in [1.29, 1.82) is 0 Å².